The van der Waals surface area contributed by atoms with Crippen molar-refractivity contribution < 1.29 is 4.79 Å². The van der Waals surface area contributed by atoms with Crippen molar-refractivity contribution in [2.24, 2.45) is 5.92 Å². The van der Waals surface area contributed by atoms with Gasteiger partial charge in [-0.15, -0.1) is 0 Å². The average molecular weight is 358 g/mol. The Hall–Kier alpha value is -2.65. The molecular formula is C24H26N2O. The molecule has 0 unspecified atom stereocenters. The van der Waals surface area contributed by atoms with E-state index in [4.69, 9.17) is 0 Å². The molecule has 0 aliphatic carbocycles. The summed E-state index contributed by atoms with van der Waals surface area (Å²) in [4.78, 5) is 15.2. The molecule has 3 nitrogen and oxygen atoms in total. The number of carbonyl (C=O) groups is 1. The third-order valence-corrected chi connectivity index (χ3v) is 5.52. The number of fused-ring (bicyclic) bond motifs is 1. The predicted molar refractivity (Wildman–Crippen MR) is 111 cm³/mol. The summed E-state index contributed by atoms with van der Waals surface area (Å²) in [7, 11) is 0. The Morgan fingerprint density at radius 3 is 2.63 bits per heavy atom. The maximum absolute atomic E-state index is 12.7. The summed E-state index contributed by atoms with van der Waals surface area (Å²) < 4.78 is 0. The first kappa shape index (κ1) is 17.7. The first-order valence-corrected chi connectivity index (χ1v) is 9.82. The Morgan fingerprint density at radius 1 is 0.963 bits per heavy atom. The predicted octanol–water partition coefficient (Wildman–Crippen LogP) is 4.13. The lowest BCUT2D eigenvalue weighted by atomic mass is 10.0. The first-order valence-electron chi connectivity index (χ1n) is 9.82. The minimum Gasteiger partial charge on any atom is -0.352 e. The molecule has 0 aromatic heterocycles. The van der Waals surface area contributed by atoms with E-state index in [2.05, 4.69) is 40.5 Å². The third-order valence-electron chi connectivity index (χ3n) is 5.52. The molecule has 1 saturated heterocycles. The van der Waals surface area contributed by atoms with Gasteiger partial charge < -0.3 is 10.2 Å². The second-order valence-corrected chi connectivity index (χ2v) is 7.43. The zero-order valence-corrected chi connectivity index (χ0v) is 15.6. The number of nitrogens with zero attached hydrogens (tertiary/aromatic N) is 1. The van der Waals surface area contributed by atoms with Gasteiger partial charge in [0, 0.05) is 25.2 Å². The second-order valence-electron chi connectivity index (χ2n) is 7.43. The molecule has 0 saturated carbocycles. The lowest BCUT2D eigenvalue weighted by molar-refractivity contribution is 0.0949. The Bertz CT molecular complexity index is 901. The summed E-state index contributed by atoms with van der Waals surface area (Å²) in [5.41, 5.74) is 2.16. The van der Waals surface area contributed by atoms with Crippen molar-refractivity contribution in [3.8, 4) is 0 Å². The van der Waals surface area contributed by atoms with Crippen LogP contribution in [0.25, 0.3) is 10.8 Å². The molecule has 3 heteroatoms. The molecule has 0 radical (unpaired) electrons. The van der Waals surface area contributed by atoms with Crippen LogP contribution in [-0.2, 0) is 6.42 Å². The smallest absolute Gasteiger partial charge is 0.251 e. The summed E-state index contributed by atoms with van der Waals surface area (Å²) in [5.74, 6) is 0.578. The van der Waals surface area contributed by atoms with E-state index < -0.39 is 0 Å². The second kappa shape index (κ2) is 8.36. The largest absolute Gasteiger partial charge is 0.352 e. The molecule has 4 rings (SSSR count). The summed E-state index contributed by atoms with van der Waals surface area (Å²) in [5, 5.41) is 5.29. The van der Waals surface area contributed by atoms with Gasteiger partial charge in [-0.05, 0) is 47.7 Å². The van der Waals surface area contributed by atoms with Crippen molar-refractivity contribution in [2.45, 2.75) is 12.8 Å². The maximum Gasteiger partial charge on any atom is 0.251 e. The van der Waals surface area contributed by atoms with Gasteiger partial charge in [-0.1, -0.05) is 66.7 Å². The zero-order valence-electron chi connectivity index (χ0n) is 15.6. The molecule has 27 heavy (non-hydrogen) atoms. The highest BCUT2D eigenvalue weighted by atomic mass is 16.1. The van der Waals surface area contributed by atoms with Crippen LogP contribution in [0.4, 0.5) is 0 Å². The van der Waals surface area contributed by atoms with E-state index in [9.17, 15) is 4.79 Å². The van der Waals surface area contributed by atoms with E-state index in [1.807, 2.05) is 42.5 Å². The normalized spacial score (nSPS) is 17.3. The number of nitrogens with one attached hydrogen (secondary N) is 1. The Labute approximate surface area is 161 Å². The van der Waals surface area contributed by atoms with Crippen LogP contribution in [0.3, 0.4) is 0 Å². The topological polar surface area (TPSA) is 32.3 Å². The van der Waals surface area contributed by atoms with Gasteiger partial charge in [-0.3, -0.25) is 4.79 Å². The molecular weight excluding hydrogens is 332 g/mol. The van der Waals surface area contributed by atoms with Crippen LogP contribution in [0, 0.1) is 5.92 Å². The number of amides is 1. The van der Waals surface area contributed by atoms with E-state index in [-0.39, 0.29) is 5.91 Å². The van der Waals surface area contributed by atoms with Gasteiger partial charge in [-0.25, -0.2) is 0 Å². The zero-order chi connectivity index (χ0) is 18.5. The molecule has 138 valence electrons. The molecule has 0 spiro atoms. The fourth-order valence-electron chi connectivity index (χ4n) is 3.97. The molecule has 1 aliphatic heterocycles. The molecule has 1 heterocycles. The van der Waals surface area contributed by atoms with Crippen LogP contribution >= 0.6 is 0 Å². The van der Waals surface area contributed by atoms with Gasteiger partial charge in [0.05, 0.1) is 0 Å². The van der Waals surface area contributed by atoms with Gasteiger partial charge in [-0.2, -0.15) is 0 Å². The number of rotatable bonds is 6. The molecule has 3 aromatic rings. The fourth-order valence-corrected chi connectivity index (χ4v) is 3.97. The number of likely N-dealkylation sites (tertiary alicyclic amines) is 1. The van der Waals surface area contributed by atoms with Crippen molar-refractivity contribution in [2.75, 3.05) is 26.2 Å². The van der Waals surface area contributed by atoms with E-state index in [0.29, 0.717) is 5.92 Å². The molecule has 1 fully saturated rings. The average Bonchev–Trinajstić information content (AvgIpc) is 3.19. The summed E-state index contributed by atoms with van der Waals surface area (Å²) >= 11 is 0. The minimum absolute atomic E-state index is 0.0366. The summed E-state index contributed by atoms with van der Waals surface area (Å²) in [6, 6.07) is 24.6. The molecule has 1 aliphatic rings. The van der Waals surface area contributed by atoms with E-state index in [0.717, 1.165) is 55.4 Å². The monoisotopic (exact) mass is 358 g/mol. The minimum atomic E-state index is 0.0366. The molecule has 1 amide bonds. The first-order chi connectivity index (χ1) is 13.3. The van der Waals surface area contributed by atoms with Crippen molar-refractivity contribution in [3.05, 3.63) is 83.9 Å². The van der Waals surface area contributed by atoms with Crippen LogP contribution in [-0.4, -0.2) is 37.0 Å². The summed E-state index contributed by atoms with van der Waals surface area (Å²) in [6.45, 7) is 4.05. The van der Waals surface area contributed by atoms with Crippen LogP contribution in [0.5, 0.6) is 0 Å². The van der Waals surface area contributed by atoms with Gasteiger partial charge in [0.25, 0.3) is 5.91 Å². The SMILES string of the molecule is O=C(NC[C@H]1CCN(CCc2ccccc2)C1)c1cccc2ccccc12. The quantitative estimate of drug-likeness (QED) is 0.718. The van der Waals surface area contributed by atoms with Crippen LogP contribution in [0.15, 0.2) is 72.8 Å². The summed E-state index contributed by atoms with van der Waals surface area (Å²) in [6.07, 6.45) is 2.25. The Morgan fingerprint density at radius 2 is 1.74 bits per heavy atom. The lowest BCUT2D eigenvalue weighted by Gasteiger charge is -2.16. The van der Waals surface area contributed by atoms with Gasteiger partial charge >= 0.3 is 0 Å². The number of hydrogen-bond donors (Lipinski definition) is 1. The van der Waals surface area contributed by atoms with Crippen LogP contribution in [0.2, 0.25) is 0 Å². The van der Waals surface area contributed by atoms with E-state index in [1.54, 1.807) is 0 Å². The standard InChI is InChI=1S/C24H26N2O/c27-24(23-12-6-10-21-9-4-5-11-22(21)23)25-17-20-14-16-26(18-20)15-13-19-7-2-1-3-8-19/h1-12,20H,13-18H2,(H,25,27)/t20-/m1/s1. The van der Waals surface area contributed by atoms with Crippen LogP contribution < -0.4 is 5.32 Å². The Kier molecular flexibility index (Phi) is 5.50. The van der Waals surface area contributed by atoms with Gasteiger partial charge in [0.1, 0.15) is 0 Å². The number of benzene rings is 3. The van der Waals surface area contributed by atoms with Gasteiger partial charge in [0.15, 0.2) is 0 Å². The highest BCUT2D eigenvalue weighted by Gasteiger charge is 2.22. The highest BCUT2D eigenvalue weighted by molar-refractivity contribution is 6.06. The maximum atomic E-state index is 12.7. The van der Waals surface area contributed by atoms with Crippen molar-refractivity contribution >= 4 is 16.7 Å². The van der Waals surface area contributed by atoms with Crippen LogP contribution in [0.1, 0.15) is 22.3 Å². The van der Waals surface area contributed by atoms with Crippen molar-refractivity contribution in [3.63, 3.8) is 0 Å². The lowest BCUT2D eigenvalue weighted by Crippen LogP contribution is -2.31. The van der Waals surface area contributed by atoms with Crippen molar-refractivity contribution in [1.29, 1.82) is 0 Å². The van der Waals surface area contributed by atoms with Crippen molar-refractivity contribution in [1.82, 2.24) is 10.2 Å². The molecule has 3 aromatic carbocycles. The molecule has 0 bridgehead atoms. The Balaban J connectivity index is 1.28. The highest BCUT2D eigenvalue weighted by Crippen LogP contribution is 2.19. The van der Waals surface area contributed by atoms with E-state index >= 15 is 0 Å². The molecule has 1 N–H and O–H groups in total. The van der Waals surface area contributed by atoms with Gasteiger partial charge in [0.2, 0.25) is 0 Å². The number of carbonyl (C=O) groups excluding carboxylic acids is 1. The number of hydrogen-bond acceptors (Lipinski definition) is 2. The third kappa shape index (κ3) is 4.37. The molecule has 1 atom stereocenters. The van der Waals surface area contributed by atoms with E-state index in [1.165, 1.54) is 5.56 Å². The fraction of sp³-hybridized carbons (Fsp3) is 0.292.